The molecule has 4 heteroatoms. The summed E-state index contributed by atoms with van der Waals surface area (Å²) < 4.78 is 0. The summed E-state index contributed by atoms with van der Waals surface area (Å²) in [6, 6.07) is 10.0. The summed E-state index contributed by atoms with van der Waals surface area (Å²) in [6.07, 6.45) is 1.79. The van der Waals surface area contributed by atoms with Crippen LogP contribution in [0.3, 0.4) is 0 Å². The highest BCUT2D eigenvalue weighted by molar-refractivity contribution is 5.78. The molecule has 4 nitrogen and oxygen atoms in total. The van der Waals surface area contributed by atoms with Gasteiger partial charge in [-0.2, -0.15) is 0 Å². The summed E-state index contributed by atoms with van der Waals surface area (Å²) >= 11 is 0. The Kier molecular flexibility index (Phi) is 4.79. The topological polar surface area (TPSA) is 35.6 Å². The van der Waals surface area contributed by atoms with Crippen LogP contribution in [0.15, 0.2) is 30.3 Å². The molecule has 2 aliphatic rings. The van der Waals surface area contributed by atoms with E-state index >= 15 is 0 Å². The van der Waals surface area contributed by atoms with E-state index in [0.29, 0.717) is 11.8 Å². The number of nitrogens with one attached hydrogen (secondary N) is 1. The van der Waals surface area contributed by atoms with E-state index in [2.05, 4.69) is 17.1 Å². The summed E-state index contributed by atoms with van der Waals surface area (Å²) in [6.45, 7) is 9.56. The first-order valence-electron chi connectivity index (χ1n) is 8.39. The Labute approximate surface area is 133 Å². The maximum absolute atomic E-state index is 12.4. The smallest absolute Gasteiger partial charge is 0.227 e. The molecule has 120 valence electrons. The van der Waals surface area contributed by atoms with Crippen LogP contribution < -0.4 is 5.32 Å². The van der Waals surface area contributed by atoms with Gasteiger partial charge in [-0.05, 0) is 23.9 Å². The highest BCUT2D eigenvalue weighted by atomic mass is 16.2. The van der Waals surface area contributed by atoms with E-state index in [0.717, 1.165) is 51.4 Å². The standard InChI is InChI=1S/C18H27N3O/c1-18(7-8-19-14-18)15-20-9-11-21(12-10-20)17(22)13-16-5-3-2-4-6-16/h2-6,19H,7-15H2,1H3. The van der Waals surface area contributed by atoms with Crippen molar-refractivity contribution in [3.8, 4) is 0 Å². The normalized spacial score (nSPS) is 26.3. The van der Waals surface area contributed by atoms with Gasteiger partial charge in [0.15, 0.2) is 0 Å². The number of carbonyl (C=O) groups is 1. The number of carbonyl (C=O) groups excluding carboxylic acids is 1. The van der Waals surface area contributed by atoms with E-state index in [1.165, 1.54) is 6.42 Å². The molecular formula is C18H27N3O. The Hall–Kier alpha value is -1.39. The van der Waals surface area contributed by atoms with Crippen LogP contribution in [0.5, 0.6) is 0 Å². The first-order valence-corrected chi connectivity index (χ1v) is 8.39. The van der Waals surface area contributed by atoms with Crippen LogP contribution in [0.25, 0.3) is 0 Å². The van der Waals surface area contributed by atoms with Gasteiger partial charge in [0.1, 0.15) is 0 Å². The van der Waals surface area contributed by atoms with E-state index in [1.807, 2.05) is 35.2 Å². The molecule has 2 aliphatic heterocycles. The Morgan fingerprint density at radius 2 is 1.91 bits per heavy atom. The first kappa shape index (κ1) is 15.5. The van der Waals surface area contributed by atoms with Crippen LogP contribution in [0.4, 0.5) is 0 Å². The van der Waals surface area contributed by atoms with Crippen LogP contribution in [-0.4, -0.2) is 61.5 Å². The van der Waals surface area contributed by atoms with Crippen LogP contribution >= 0.6 is 0 Å². The summed E-state index contributed by atoms with van der Waals surface area (Å²) in [5.74, 6) is 0.264. The van der Waals surface area contributed by atoms with Crippen molar-refractivity contribution >= 4 is 5.91 Å². The van der Waals surface area contributed by atoms with E-state index in [1.54, 1.807) is 0 Å². The zero-order valence-electron chi connectivity index (χ0n) is 13.6. The number of hydrogen-bond acceptors (Lipinski definition) is 3. The van der Waals surface area contributed by atoms with Crippen molar-refractivity contribution in [2.24, 2.45) is 5.41 Å². The fourth-order valence-corrected chi connectivity index (χ4v) is 3.58. The monoisotopic (exact) mass is 301 g/mol. The maximum Gasteiger partial charge on any atom is 0.227 e. The van der Waals surface area contributed by atoms with Gasteiger partial charge in [-0.1, -0.05) is 37.3 Å². The van der Waals surface area contributed by atoms with Crippen molar-refractivity contribution in [2.45, 2.75) is 19.8 Å². The third-order valence-electron chi connectivity index (χ3n) is 4.99. The minimum absolute atomic E-state index is 0.264. The molecule has 1 aromatic rings. The predicted molar refractivity (Wildman–Crippen MR) is 88.8 cm³/mol. The Bertz CT molecular complexity index is 488. The van der Waals surface area contributed by atoms with Crippen LogP contribution in [-0.2, 0) is 11.2 Å². The van der Waals surface area contributed by atoms with E-state index in [-0.39, 0.29) is 5.91 Å². The number of benzene rings is 1. The molecule has 1 N–H and O–H groups in total. The van der Waals surface area contributed by atoms with Gasteiger partial charge in [-0.3, -0.25) is 9.69 Å². The Morgan fingerprint density at radius 3 is 2.55 bits per heavy atom. The van der Waals surface area contributed by atoms with E-state index in [9.17, 15) is 4.79 Å². The minimum Gasteiger partial charge on any atom is -0.340 e. The highest BCUT2D eigenvalue weighted by Crippen LogP contribution is 2.26. The molecule has 22 heavy (non-hydrogen) atoms. The molecule has 1 unspecified atom stereocenters. The third-order valence-corrected chi connectivity index (χ3v) is 4.99. The van der Waals surface area contributed by atoms with E-state index < -0.39 is 0 Å². The zero-order chi connectivity index (χ0) is 15.4. The Balaban J connectivity index is 1.46. The van der Waals surface area contributed by atoms with Crippen molar-refractivity contribution in [2.75, 3.05) is 45.8 Å². The quantitative estimate of drug-likeness (QED) is 0.912. The van der Waals surface area contributed by atoms with Crippen molar-refractivity contribution in [1.29, 1.82) is 0 Å². The molecule has 0 aliphatic carbocycles. The van der Waals surface area contributed by atoms with Gasteiger partial charge in [0.25, 0.3) is 0 Å². The second-order valence-electron chi connectivity index (χ2n) is 7.06. The van der Waals surface area contributed by atoms with Gasteiger partial charge in [0.2, 0.25) is 5.91 Å². The van der Waals surface area contributed by atoms with Crippen LogP contribution in [0.2, 0.25) is 0 Å². The number of piperazine rings is 1. The summed E-state index contributed by atoms with van der Waals surface area (Å²) in [4.78, 5) is 16.9. The molecule has 0 aromatic heterocycles. The average molecular weight is 301 g/mol. The molecule has 1 amide bonds. The van der Waals surface area contributed by atoms with Crippen molar-refractivity contribution < 1.29 is 4.79 Å². The van der Waals surface area contributed by atoms with Gasteiger partial charge in [-0.25, -0.2) is 0 Å². The highest BCUT2D eigenvalue weighted by Gasteiger charge is 2.32. The van der Waals surface area contributed by atoms with Crippen LogP contribution in [0.1, 0.15) is 18.9 Å². The number of hydrogen-bond donors (Lipinski definition) is 1. The lowest BCUT2D eigenvalue weighted by Crippen LogP contribution is -2.51. The van der Waals surface area contributed by atoms with E-state index in [4.69, 9.17) is 0 Å². The SMILES string of the molecule is CC1(CN2CCN(C(=O)Cc3ccccc3)CC2)CCNC1. The Morgan fingerprint density at radius 1 is 1.18 bits per heavy atom. The average Bonchev–Trinajstić information content (AvgIpc) is 2.95. The second kappa shape index (κ2) is 6.80. The molecule has 0 radical (unpaired) electrons. The molecule has 0 bridgehead atoms. The van der Waals surface area contributed by atoms with Gasteiger partial charge < -0.3 is 10.2 Å². The van der Waals surface area contributed by atoms with Gasteiger partial charge in [0, 0.05) is 39.3 Å². The predicted octanol–water partition coefficient (Wildman–Crippen LogP) is 1.37. The fraction of sp³-hybridized carbons (Fsp3) is 0.611. The van der Waals surface area contributed by atoms with Crippen molar-refractivity contribution in [3.05, 3.63) is 35.9 Å². The number of nitrogens with zero attached hydrogens (tertiary/aromatic N) is 2. The second-order valence-corrected chi connectivity index (χ2v) is 7.06. The number of amides is 1. The summed E-state index contributed by atoms with van der Waals surface area (Å²) in [5, 5.41) is 3.47. The molecule has 2 fully saturated rings. The lowest BCUT2D eigenvalue weighted by atomic mass is 9.89. The summed E-state index contributed by atoms with van der Waals surface area (Å²) in [5.41, 5.74) is 1.52. The minimum atomic E-state index is 0.264. The van der Waals surface area contributed by atoms with Gasteiger partial charge >= 0.3 is 0 Å². The maximum atomic E-state index is 12.4. The van der Waals surface area contributed by atoms with Gasteiger partial charge in [-0.15, -0.1) is 0 Å². The van der Waals surface area contributed by atoms with Crippen molar-refractivity contribution in [3.63, 3.8) is 0 Å². The summed E-state index contributed by atoms with van der Waals surface area (Å²) in [7, 11) is 0. The lowest BCUT2D eigenvalue weighted by molar-refractivity contribution is -0.132. The fourth-order valence-electron chi connectivity index (χ4n) is 3.58. The first-order chi connectivity index (χ1) is 10.6. The largest absolute Gasteiger partial charge is 0.340 e. The van der Waals surface area contributed by atoms with Gasteiger partial charge in [0.05, 0.1) is 6.42 Å². The lowest BCUT2D eigenvalue weighted by Gasteiger charge is -2.38. The zero-order valence-corrected chi connectivity index (χ0v) is 13.6. The van der Waals surface area contributed by atoms with Crippen LogP contribution in [0, 0.1) is 5.41 Å². The molecule has 0 spiro atoms. The molecule has 1 atom stereocenters. The number of rotatable bonds is 4. The molecule has 3 rings (SSSR count). The molecular weight excluding hydrogens is 274 g/mol. The molecule has 0 saturated carbocycles. The third kappa shape index (κ3) is 3.87. The molecule has 2 heterocycles. The molecule has 2 saturated heterocycles. The molecule has 1 aromatic carbocycles. The van der Waals surface area contributed by atoms with Crippen molar-refractivity contribution in [1.82, 2.24) is 15.1 Å².